The maximum absolute atomic E-state index is 13.3. The number of nitrogens with zero attached hydrogens (tertiary/aromatic N) is 4. The van der Waals surface area contributed by atoms with Crippen molar-refractivity contribution in [3.63, 3.8) is 0 Å². The van der Waals surface area contributed by atoms with Gasteiger partial charge in [0.25, 0.3) is 5.91 Å². The van der Waals surface area contributed by atoms with Gasteiger partial charge in [-0.25, -0.2) is 0 Å². The van der Waals surface area contributed by atoms with Gasteiger partial charge in [0.15, 0.2) is 5.65 Å². The highest BCUT2D eigenvalue weighted by molar-refractivity contribution is 6.01. The van der Waals surface area contributed by atoms with Gasteiger partial charge in [0.05, 0.1) is 19.7 Å². The number of piperidine rings is 1. The first-order valence-corrected chi connectivity index (χ1v) is 10.0. The third kappa shape index (κ3) is 2.96. The smallest absolute Gasteiger partial charge is 0.270 e. The van der Waals surface area contributed by atoms with Crippen LogP contribution in [0.3, 0.4) is 0 Å². The van der Waals surface area contributed by atoms with E-state index in [1.165, 1.54) is 0 Å². The molecule has 5 rings (SSSR count). The summed E-state index contributed by atoms with van der Waals surface area (Å²) in [6.45, 7) is 1.33. The first-order valence-electron chi connectivity index (χ1n) is 10.0. The van der Waals surface area contributed by atoms with Gasteiger partial charge in [0.1, 0.15) is 23.0 Å². The van der Waals surface area contributed by atoms with E-state index in [0.717, 1.165) is 41.8 Å². The molecule has 3 aromatic heterocycles. The Morgan fingerprint density at radius 3 is 2.80 bits per heavy atom. The summed E-state index contributed by atoms with van der Waals surface area (Å²) in [6.07, 6.45) is 3.88. The van der Waals surface area contributed by atoms with Crippen LogP contribution in [0.5, 0.6) is 11.5 Å². The second-order valence-electron chi connectivity index (χ2n) is 7.52. The van der Waals surface area contributed by atoms with Gasteiger partial charge in [-0.1, -0.05) is 6.07 Å². The van der Waals surface area contributed by atoms with E-state index >= 15 is 0 Å². The summed E-state index contributed by atoms with van der Waals surface area (Å²) in [4.78, 5) is 18.4. The number of amides is 1. The van der Waals surface area contributed by atoms with E-state index in [4.69, 9.17) is 9.47 Å². The Balaban J connectivity index is 1.45. The summed E-state index contributed by atoms with van der Waals surface area (Å²) in [6, 6.07) is 11.4. The highest BCUT2D eigenvalue weighted by Gasteiger charge is 2.29. The molecule has 0 saturated carbocycles. The summed E-state index contributed by atoms with van der Waals surface area (Å²) in [5.74, 6) is 2.40. The number of methoxy groups -OCH3 is 2. The minimum absolute atomic E-state index is 0.0335. The van der Waals surface area contributed by atoms with Crippen molar-refractivity contribution in [2.75, 3.05) is 27.3 Å². The fourth-order valence-electron chi connectivity index (χ4n) is 4.31. The maximum atomic E-state index is 13.3. The Bertz CT molecular complexity index is 1190. The van der Waals surface area contributed by atoms with Gasteiger partial charge in [0.2, 0.25) is 0 Å². The zero-order valence-corrected chi connectivity index (χ0v) is 17.0. The Labute approximate surface area is 173 Å². The molecule has 154 valence electrons. The third-order valence-electron chi connectivity index (χ3n) is 5.80. The Kier molecular flexibility index (Phi) is 4.54. The lowest BCUT2D eigenvalue weighted by molar-refractivity contribution is 0.0699. The molecule has 1 atom stereocenters. The van der Waals surface area contributed by atoms with Gasteiger partial charge >= 0.3 is 0 Å². The van der Waals surface area contributed by atoms with Crippen molar-refractivity contribution in [2.24, 2.45) is 0 Å². The summed E-state index contributed by atoms with van der Waals surface area (Å²) in [5, 5.41) is 9.49. The number of aromatic amines is 1. The quantitative estimate of drug-likeness (QED) is 0.563. The number of fused-ring (bicyclic) bond motifs is 2. The van der Waals surface area contributed by atoms with Gasteiger partial charge in [-0.2, -0.15) is 0 Å². The van der Waals surface area contributed by atoms with E-state index in [-0.39, 0.29) is 11.8 Å². The van der Waals surface area contributed by atoms with Crippen molar-refractivity contribution in [1.29, 1.82) is 0 Å². The molecule has 0 bridgehead atoms. The molecule has 1 aliphatic heterocycles. The van der Waals surface area contributed by atoms with Crippen LogP contribution in [-0.4, -0.2) is 57.7 Å². The van der Waals surface area contributed by atoms with Crippen molar-refractivity contribution in [2.45, 2.75) is 18.8 Å². The first-order chi connectivity index (χ1) is 14.7. The fraction of sp³-hybridized carbons (Fsp3) is 0.318. The number of carbonyl (C=O) groups is 1. The van der Waals surface area contributed by atoms with Crippen LogP contribution in [0.4, 0.5) is 0 Å². The summed E-state index contributed by atoms with van der Waals surface area (Å²) in [5.41, 5.74) is 2.11. The standard InChI is InChI=1S/C22H23N5O3/c1-29-17-8-9-18(30-2)20-15(17)12-16(23-20)22(28)26-10-5-6-14(13-26)21-25-24-19-7-3-4-11-27(19)21/h3-4,7-9,11-12,14,23H,5-6,10,13H2,1-2H3. The number of aromatic nitrogens is 4. The molecule has 30 heavy (non-hydrogen) atoms. The summed E-state index contributed by atoms with van der Waals surface area (Å²) >= 11 is 0. The number of hydrogen-bond donors (Lipinski definition) is 1. The molecule has 0 aliphatic carbocycles. The molecule has 1 saturated heterocycles. The van der Waals surface area contributed by atoms with Crippen LogP contribution in [0, 0.1) is 0 Å². The molecule has 0 radical (unpaired) electrons. The van der Waals surface area contributed by atoms with E-state index in [0.29, 0.717) is 23.7 Å². The van der Waals surface area contributed by atoms with Crippen LogP contribution < -0.4 is 9.47 Å². The van der Waals surface area contributed by atoms with Crippen LogP contribution in [0.15, 0.2) is 42.6 Å². The zero-order valence-electron chi connectivity index (χ0n) is 17.0. The number of benzene rings is 1. The van der Waals surface area contributed by atoms with E-state index in [1.54, 1.807) is 14.2 Å². The van der Waals surface area contributed by atoms with Gasteiger partial charge in [-0.05, 0) is 43.2 Å². The van der Waals surface area contributed by atoms with Crippen LogP contribution in [0.25, 0.3) is 16.6 Å². The van der Waals surface area contributed by atoms with Crippen LogP contribution >= 0.6 is 0 Å². The normalized spacial score (nSPS) is 16.9. The number of nitrogens with one attached hydrogen (secondary N) is 1. The molecular formula is C22H23N5O3. The number of ether oxygens (including phenoxy) is 2. The molecule has 1 fully saturated rings. The highest BCUT2D eigenvalue weighted by Crippen LogP contribution is 2.34. The van der Waals surface area contributed by atoms with Crippen LogP contribution in [0.1, 0.15) is 35.1 Å². The monoisotopic (exact) mass is 405 g/mol. The number of hydrogen-bond acceptors (Lipinski definition) is 5. The Morgan fingerprint density at radius 2 is 1.97 bits per heavy atom. The molecule has 8 nitrogen and oxygen atoms in total. The Hall–Kier alpha value is -3.55. The summed E-state index contributed by atoms with van der Waals surface area (Å²) < 4.78 is 12.9. The average molecular weight is 405 g/mol. The van der Waals surface area contributed by atoms with E-state index in [9.17, 15) is 4.79 Å². The fourth-order valence-corrected chi connectivity index (χ4v) is 4.31. The molecule has 1 N–H and O–H groups in total. The zero-order chi connectivity index (χ0) is 20.7. The first kappa shape index (κ1) is 18.5. The maximum Gasteiger partial charge on any atom is 0.270 e. The summed E-state index contributed by atoms with van der Waals surface area (Å²) in [7, 11) is 3.23. The van der Waals surface area contributed by atoms with Gasteiger partial charge in [-0.3, -0.25) is 9.20 Å². The van der Waals surface area contributed by atoms with Crippen molar-refractivity contribution in [3.8, 4) is 11.5 Å². The average Bonchev–Trinajstić information content (AvgIpc) is 3.43. The molecule has 1 unspecified atom stereocenters. The van der Waals surface area contributed by atoms with Crippen molar-refractivity contribution < 1.29 is 14.3 Å². The van der Waals surface area contributed by atoms with E-state index < -0.39 is 0 Å². The van der Waals surface area contributed by atoms with Gasteiger partial charge < -0.3 is 19.4 Å². The van der Waals surface area contributed by atoms with Gasteiger partial charge in [0, 0.05) is 30.6 Å². The second kappa shape index (κ2) is 7.37. The lowest BCUT2D eigenvalue weighted by Crippen LogP contribution is -2.39. The predicted octanol–water partition coefficient (Wildman–Crippen LogP) is 3.25. The number of pyridine rings is 1. The molecule has 1 aromatic carbocycles. The lowest BCUT2D eigenvalue weighted by atomic mass is 9.97. The molecule has 0 spiro atoms. The molecule has 1 aliphatic rings. The van der Waals surface area contributed by atoms with Crippen LogP contribution in [-0.2, 0) is 0 Å². The van der Waals surface area contributed by atoms with Gasteiger partial charge in [-0.15, -0.1) is 10.2 Å². The van der Waals surface area contributed by atoms with E-state index in [2.05, 4.69) is 15.2 Å². The minimum atomic E-state index is -0.0335. The minimum Gasteiger partial charge on any atom is -0.496 e. The molecule has 8 heteroatoms. The number of H-pyrrole nitrogens is 1. The third-order valence-corrected chi connectivity index (χ3v) is 5.80. The van der Waals surface area contributed by atoms with Crippen LogP contribution in [0.2, 0.25) is 0 Å². The number of rotatable bonds is 4. The second-order valence-corrected chi connectivity index (χ2v) is 7.52. The lowest BCUT2D eigenvalue weighted by Gasteiger charge is -2.31. The Morgan fingerprint density at radius 1 is 1.13 bits per heavy atom. The van der Waals surface area contributed by atoms with E-state index in [1.807, 2.05) is 51.9 Å². The molecule has 4 aromatic rings. The van der Waals surface area contributed by atoms with Crippen molar-refractivity contribution >= 4 is 22.5 Å². The molecule has 1 amide bonds. The topological polar surface area (TPSA) is 84.8 Å². The van der Waals surface area contributed by atoms with Crippen molar-refractivity contribution in [1.82, 2.24) is 24.5 Å². The largest absolute Gasteiger partial charge is 0.496 e. The van der Waals surface area contributed by atoms with Crippen molar-refractivity contribution in [3.05, 3.63) is 54.1 Å². The molecule has 4 heterocycles. The SMILES string of the molecule is COc1ccc(OC)c2[nH]c(C(=O)N3CCCC(c4nnc5ccccn45)C3)cc12. The predicted molar refractivity (Wildman–Crippen MR) is 112 cm³/mol. The number of carbonyl (C=O) groups excluding carboxylic acids is 1. The number of likely N-dealkylation sites (tertiary alicyclic amines) is 1. The highest BCUT2D eigenvalue weighted by atomic mass is 16.5. The molecular weight excluding hydrogens is 382 g/mol.